The van der Waals surface area contributed by atoms with Gasteiger partial charge in [0, 0.05) is 23.7 Å². The predicted molar refractivity (Wildman–Crippen MR) is 79.3 cm³/mol. The fraction of sp³-hybridized carbons (Fsp3) is 0.714. The summed E-state index contributed by atoms with van der Waals surface area (Å²) in [5.74, 6) is 1.75. The largest absolute Gasteiger partial charge is 0.367 e. The van der Waals surface area contributed by atoms with E-state index in [1.54, 1.807) is 6.33 Å². The first-order valence-corrected chi connectivity index (χ1v) is 7.05. The SMILES string of the molecule is CC(C)(C)Nc1cc(NC2CCC(N)CC2)ncn1. The summed E-state index contributed by atoms with van der Waals surface area (Å²) < 4.78 is 0. The highest BCUT2D eigenvalue weighted by molar-refractivity contribution is 5.48. The molecule has 5 heteroatoms. The molecule has 0 spiro atoms. The first-order valence-electron chi connectivity index (χ1n) is 7.05. The number of aromatic nitrogens is 2. The summed E-state index contributed by atoms with van der Waals surface area (Å²) >= 11 is 0. The van der Waals surface area contributed by atoms with E-state index in [9.17, 15) is 0 Å². The second-order valence-corrected chi connectivity index (χ2v) is 6.42. The van der Waals surface area contributed by atoms with Gasteiger partial charge in [0.05, 0.1) is 0 Å². The molecule has 0 atom stereocenters. The van der Waals surface area contributed by atoms with Gasteiger partial charge in [-0.25, -0.2) is 9.97 Å². The molecule has 106 valence electrons. The van der Waals surface area contributed by atoms with Gasteiger partial charge in [-0.2, -0.15) is 0 Å². The summed E-state index contributed by atoms with van der Waals surface area (Å²) in [5.41, 5.74) is 5.92. The van der Waals surface area contributed by atoms with Crippen LogP contribution in [0, 0.1) is 0 Å². The molecule has 19 heavy (non-hydrogen) atoms. The quantitative estimate of drug-likeness (QED) is 0.780. The summed E-state index contributed by atoms with van der Waals surface area (Å²) in [6, 6.07) is 2.83. The van der Waals surface area contributed by atoms with E-state index in [0.29, 0.717) is 12.1 Å². The smallest absolute Gasteiger partial charge is 0.131 e. The van der Waals surface area contributed by atoms with Crippen LogP contribution < -0.4 is 16.4 Å². The molecule has 0 aliphatic heterocycles. The summed E-state index contributed by atoms with van der Waals surface area (Å²) in [7, 11) is 0. The number of hydrogen-bond acceptors (Lipinski definition) is 5. The van der Waals surface area contributed by atoms with Crippen molar-refractivity contribution in [2.75, 3.05) is 10.6 Å². The van der Waals surface area contributed by atoms with Crippen molar-refractivity contribution in [1.29, 1.82) is 0 Å². The maximum Gasteiger partial charge on any atom is 0.131 e. The van der Waals surface area contributed by atoms with Gasteiger partial charge in [0.1, 0.15) is 18.0 Å². The molecule has 1 aliphatic carbocycles. The topological polar surface area (TPSA) is 75.9 Å². The molecular weight excluding hydrogens is 238 g/mol. The highest BCUT2D eigenvalue weighted by atomic mass is 15.1. The number of nitrogens with two attached hydrogens (primary N) is 1. The Balaban J connectivity index is 1.95. The molecule has 0 aromatic carbocycles. The maximum absolute atomic E-state index is 5.92. The third-order valence-electron chi connectivity index (χ3n) is 3.29. The third-order valence-corrected chi connectivity index (χ3v) is 3.29. The van der Waals surface area contributed by atoms with Crippen molar-refractivity contribution in [3.05, 3.63) is 12.4 Å². The van der Waals surface area contributed by atoms with E-state index in [1.165, 1.54) is 0 Å². The van der Waals surface area contributed by atoms with E-state index in [1.807, 2.05) is 6.07 Å². The van der Waals surface area contributed by atoms with Gasteiger partial charge in [0.2, 0.25) is 0 Å². The first kappa shape index (κ1) is 14.1. The summed E-state index contributed by atoms with van der Waals surface area (Å²) in [5, 5.41) is 6.84. The molecule has 0 saturated heterocycles. The van der Waals surface area contributed by atoms with E-state index in [0.717, 1.165) is 37.3 Å². The van der Waals surface area contributed by atoms with Crippen molar-refractivity contribution >= 4 is 11.6 Å². The van der Waals surface area contributed by atoms with Crippen LogP contribution in [0.15, 0.2) is 12.4 Å². The normalized spacial score (nSPS) is 24.0. The lowest BCUT2D eigenvalue weighted by Gasteiger charge is -2.27. The van der Waals surface area contributed by atoms with Gasteiger partial charge in [0.25, 0.3) is 0 Å². The fourth-order valence-corrected chi connectivity index (χ4v) is 2.36. The van der Waals surface area contributed by atoms with Gasteiger partial charge in [-0.15, -0.1) is 0 Å². The lowest BCUT2D eigenvalue weighted by atomic mass is 9.92. The Morgan fingerprint density at radius 1 is 1.11 bits per heavy atom. The van der Waals surface area contributed by atoms with E-state index >= 15 is 0 Å². The Hall–Kier alpha value is -1.36. The Morgan fingerprint density at radius 2 is 1.74 bits per heavy atom. The number of nitrogens with one attached hydrogen (secondary N) is 2. The van der Waals surface area contributed by atoms with Gasteiger partial charge in [-0.3, -0.25) is 0 Å². The molecular formula is C14H25N5. The molecule has 5 nitrogen and oxygen atoms in total. The van der Waals surface area contributed by atoms with Crippen LogP contribution in [0.3, 0.4) is 0 Å². The molecule has 0 amide bonds. The van der Waals surface area contributed by atoms with Gasteiger partial charge in [-0.1, -0.05) is 0 Å². The molecule has 2 rings (SSSR count). The molecule has 0 unspecified atom stereocenters. The van der Waals surface area contributed by atoms with Crippen LogP contribution in [0.1, 0.15) is 46.5 Å². The minimum Gasteiger partial charge on any atom is -0.367 e. The average Bonchev–Trinajstić information content (AvgIpc) is 2.30. The zero-order chi connectivity index (χ0) is 13.9. The lowest BCUT2D eigenvalue weighted by Crippen LogP contribution is -2.33. The zero-order valence-electron chi connectivity index (χ0n) is 12.1. The molecule has 0 radical (unpaired) electrons. The van der Waals surface area contributed by atoms with Crippen molar-refractivity contribution in [3.8, 4) is 0 Å². The Labute approximate surface area is 115 Å². The number of hydrogen-bond donors (Lipinski definition) is 3. The maximum atomic E-state index is 5.92. The molecule has 1 heterocycles. The summed E-state index contributed by atoms with van der Waals surface area (Å²) in [4.78, 5) is 8.54. The Morgan fingerprint density at radius 3 is 2.37 bits per heavy atom. The predicted octanol–water partition coefficient (Wildman–Crippen LogP) is 2.37. The first-order chi connectivity index (χ1) is 8.92. The van der Waals surface area contributed by atoms with E-state index in [4.69, 9.17) is 5.73 Å². The van der Waals surface area contributed by atoms with Crippen LogP contribution in [0.2, 0.25) is 0 Å². The lowest BCUT2D eigenvalue weighted by molar-refractivity contribution is 0.410. The zero-order valence-corrected chi connectivity index (χ0v) is 12.1. The van der Waals surface area contributed by atoms with Crippen molar-refractivity contribution in [2.24, 2.45) is 5.73 Å². The molecule has 0 bridgehead atoms. The number of anilines is 2. The van der Waals surface area contributed by atoms with Crippen molar-refractivity contribution < 1.29 is 0 Å². The minimum absolute atomic E-state index is 0.00321. The molecule has 1 aromatic rings. The van der Waals surface area contributed by atoms with E-state index in [2.05, 4.69) is 41.4 Å². The second kappa shape index (κ2) is 5.74. The van der Waals surface area contributed by atoms with Crippen LogP contribution in [0.4, 0.5) is 11.6 Å². The van der Waals surface area contributed by atoms with Crippen LogP contribution in [-0.2, 0) is 0 Å². The molecule has 1 aromatic heterocycles. The standard InChI is InChI=1S/C14H25N5/c1-14(2,3)19-13-8-12(16-9-17-13)18-11-6-4-10(15)5-7-11/h8-11H,4-7,15H2,1-3H3,(H2,16,17,18,19). The van der Waals surface area contributed by atoms with Crippen LogP contribution in [0.5, 0.6) is 0 Å². The summed E-state index contributed by atoms with van der Waals surface area (Å²) in [6.45, 7) is 6.35. The Bertz CT molecular complexity index is 405. The van der Waals surface area contributed by atoms with Gasteiger partial charge >= 0.3 is 0 Å². The molecule has 1 saturated carbocycles. The summed E-state index contributed by atoms with van der Waals surface area (Å²) in [6.07, 6.45) is 6.02. The second-order valence-electron chi connectivity index (χ2n) is 6.42. The highest BCUT2D eigenvalue weighted by Crippen LogP contribution is 2.21. The molecule has 1 fully saturated rings. The molecule has 1 aliphatic rings. The average molecular weight is 263 g/mol. The number of nitrogens with zero attached hydrogens (tertiary/aromatic N) is 2. The van der Waals surface area contributed by atoms with Gasteiger partial charge in [-0.05, 0) is 46.5 Å². The molecule has 4 N–H and O–H groups in total. The monoisotopic (exact) mass is 263 g/mol. The number of rotatable bonds is 3. The van der Waals surface area contributed by atoms with Crippen molar-refractivity contribution in [1.82, 2.24) is 9.97 Å². The van der Waals surface area contributed by atoms with E-state index < -0.39 is 0 Å². The van der Waals surface area contributed by atoms with Crippen LogP contribution >= 0.6 is 0 Å². The Kier molecular flexibility index (Phi) is 4.24. The fourth-order valence-electron chi connectivity index (χ4n) is 2.36. The van der Waals surface area contributed by atoms with Crippen LogP contribution in [0.25, 0.3) is 0 Å². The van der Waals surface area contributed by atoms with Crippen LogP contribution in [-0.4, -0.2) is 27.6 Å². The van der Waals surface area contributed by atoms with Crippen molar-refractivity contribution in [2.45, 2.75) is 64.1 Å². The third kappa shape index (κ3) is 4.67. The van der Waals surface area contributed by atoms with Crippen molar-refractivity contribution in [3.63, 3.8) is 0 Å². The van der Waals surface area contributed by atoms with E-state index in [-0.39, 0.29) is 5.54 Å². The van der Waals surface area contributed by atoms with Gasteiger partial charge in [0.15, 0.2) is 0 Å². The minimum atomic E-state index is 0.00321. The van der Waals surface area contributed by atoms with Gasteiger partial charge < -0.3 is 16.4 Å². The highest BCUT2D eigenvalue weighted by Gasteiger charge is 2.19.